The first-order valence-corrected chi connectivity index (χ1v) is 11.9. The molecule has 0 amide bonds. The molecule has 0 saturated carbocycles. The summed E-state index contributed by atoms with van der Waals surface area (Å²) in [4.78, 5) is 4.37. The molecular weight excluding hydrogens is 404 g/mol. The predicted octanol–water partition coefficient (Wildman–Crippen LogP) is 2.78. The van der Waals surface area contributed by atoms with E-state index in [2.05, 4.69) is 55.5 Å². The first-order valence-electron chi connectivity index (χ1n) is 11.9. The number of fused-ring (bicyclic) bond motifs is 1. The van der Waals surface area contributed by atoms with Crippen molar-refractivity contribution in [1.29, 1.82) is 0 Å². The maximum Gasteiger partial charge on any atom is 0.191 e. The highest BCUT2D eigenvalue weighted by atomic mass is 16.5. The molecule has 32 heavy (non-hydrogen) atoms. The topological polar surface area (TPSA) is 85.6 Å². The second-order valence-corrected chi connectivity index (χ2v) is 8.65. The number of nitrogens with zero attached hydrogens (tertiary/aromatic N) is 4. The van der Waals surface area contributed by atoms with Crippen LogP contribution in [-0.2, 0) is 30.7 Å². The fraction of sp³-hybridized carbons (Fsp3) is 0.625. The van der Waals surface area contributed by atoms with Crippen molar-refractivity contribution in [2.75, 3.05) is 26.8 Å². The lowest BCUT2D eigenvalue weighted by atomic mass is 10.1. The highest BCUT2D eigenvalue weighted by Gasteiger charge is 2.17. The Morgan fingerprint density at radius 2 is 2.16 bits per heavy atom. The van der Waals surface area contributed by atoms with Crippen LogP contribution in [0.4, 0.5) is 0 Å². The van der Waals surface area contributed by atoms with E-state index in [-0.39, 0.29) is 6.10 Å². The van der Waals surface area contributed by atoms with Crippen molar-refractivity contribution in [2.45, 2.75) is 71.1 Å². The summed E-state index contributed by atoms with van der Waals surface area (Å²) in [5, 5.41) is 15.6. The van der Waals surface area contributed by atoms with Crippen LogP contribution in [0.3, 0.4) is 0 Å². The van der Waals surface area contributed by atoms with Crippen LogP contribution in [0.5, 0.6) is 5.75 Å². The minimum Gasteiger partial charge on any atom is -0.491 e. The van der Waals surface area contributed by atoms with E-state index in [1.165, 1.54) is 24.8 Å². The molecule has 1 fully saturated rings. The molecule has 8 heteroatoms. The van der Waals surface area contributed by atoms with Gasteiger partial charge in [-0.1, -0.05) is 18.6 Å². The monoisotopic (exact) mass is 440 g/mol. The Bertz CT molecular complexity index is 904. The maximum atomic E-state index is 6.12. The van der Waals surface area contributed by atoms with E-state index in [9.17, 15) is 0 Å². The minimum absolute atomic E-state index is 0.206. The fourth-order valence-electron chi connectivity index (χ4n) is 4.32. The van der Waals surface area contributed by atoms with Crippen LogP contribution in [0.1, 0.15) is 54.9 Å². The Morgan fingerprint density at radius 3 is 3.00 bits per heavy atom. The average Bonchev–Trinajstić information content (AvgIpc) is 3.40. The second-order valence-electron chi connectivity index (χ2n) is 8.65. The van der Waals surface area contributed by atoms with Gasteiger partial charge in [0.25, 0.3) is 0 Å². The summed E-state index contributed by atoms with van der Waals surface area (Å²) >= 11 is 0. The average molecular weight is 441 g/mol. The maximum absolute atomic E-state index is 6.12. The van der Waals surface area contributed by atoms with Gasteiger partial charge in [0.15, 0.2) is 5.96 Å². The van der Waals surface area contributed by atoms with E-state index < -0.39 is 0 Å². The Kier molecular flexibility index (Phi) is 7.98. The van der Waals surface area contributed by atoms with Crippen molar-refractivity contribution < 1.29 is 9.47 Å². The van der Waals surface area contributed by atoms with Crippen LogP contribution in [0.15, 0.2) is 23.2 Å². The normalized spacial score (nSPS) is 18.8. The predicted molar refractivity (Wildman–Crippen MR) is 125 cm³/mol. The summed E-state index contributed by atoms with van der Waals surface area (Å²) in [5.74, 6) is 3.88. The second kappa shape index (κ2) is 11.3. The van der Waals surface area contributed by atoms with E-state index in [1.807, 2.05) is 0 Å². The van der Waals surface area contributed by atoms with Gasteiger partial charge in [0.1, 0.15) is 24.0 Å². The summed E-state index contributed by atoms with van der Waals surface area (Å²) in [6.45, 7) is 5.96. The number of aryl methyl sites for hydroxylation is 2. The van der Waals surface area contributed by atoms with Gasteiger partial charge in [-0.3, -0.25) is 4.99 Å². The number of hydrogen-bond donors (Lipinski definition) is 2. The largest absolute Gasteiger partial charge is 0.491 e. The molecule has 0 spiro atoms. The van der Waals surface area contributed by atoms with Crippen molar-refractivity contribution in [3.05, 3.63) is 41.0 Å². The third-order valence-electron chi connectivity index (χ3n) is 6.17. The lowest BCUT2D eigenvalue weighted by Gasteiger charge is -2.17. The summed E-state index contributed by atoms with van der Waals surface area (Å²) in [7, 11) is 1.79. The third kappa shape index (κ3) is 6.00. The number of benzene rings is 1. The van der Waals surface area contributed by atoms with Gasteiger partial charge >= 0.3 is 0 Å². The zero-order valence-corrected chi connectivity index (χ0v) is 19.4. The van der Waals surface area contributed by atoms with E-state index >= 15 is 0 Å². The molecule has 0 aliphatic carbocycles. The van der Waals surface area contributed by atoms with Crippen molar-refractivity contribution in [2.24, 2.45) is 4.99 Å². The summed E-state index contributed by atoms with van der Waals surface area (Å²) in [5.41, 5.74) is 2.30. The molecule has 2 N–H and O–H groups in total. The van der Waals surface area contributed by atoms with E-state index in [4.69, 9.17) is 9.47 Å². The SMILES string of the molecule is CN=C(NCCc1nnc2n1CCCCC2)NCc1ccc(C)cc1OCC1CCCO1. The quantitative estimate of drug-likeness (QED) is 0.485. The number of hydrogen-bond acceptors (Lipinski definition) is 5. The van der Waals surface area contributed by atoms with Gasteiger partial charge in [-0.2, -0.15) is 0 Å². The van der Waals surface area contributed by atoms with Crippen LogP contribution in [-0.4, -0.2) is 53.6 Å². The molecule has 1 aromatic carbocycles. The standard InChI is InChI=1S/C24H36N6O2/c1-18-9-10-19(21(15-18)32-17-20-7-6-14-31-20)16-27-24(25-2)26-12-11-23-29-28-22-8-4-3-5-13-30(22)23/h9-10,15,20H,3-8,11-14,16-17H2,1-2H3,(H2,25,26,27). The molecule has 0 radical (unpaired) electrons. The smallest absolute Gasteiger partial charge is 0.191 e. The van der Waals surface area contributed by atoms with Crippen LogP contribution >= 0.6 is 0 Å². The zero-order chi connectivity index (χ0) is 22.2. The molecule has 0 bridgehead atoms. The number of nitrogens with one attached hydrogen (secondary N) is 2. The van der Waals surface area contributed by atoms with Crippen molar-refractivity contribution in [3.63, 3.8) is 0 Å². The van der Waals surface area contributed by atoms with Crippen LogP contribution < -0.4 is 15.4 Å². The molecule has 1 saturated heterocycles. The first kappa shape index (κ1) is 22.6. The molecule has 174 valence electrons. The third-order valence-corrected chi connectivity index (χ3v) is 6.17. The van der Waals surface area contributed by atoms with Crippen molar-refractivity contribution in [1.82, 2.24) is 25.4 Å². The van der Waals surface area contributed by atoms with Gasteiger partial charge in [-0.05, 0) is 44.2 Å². The molecule has 1 unspecified atom stereocenters. The van der Waals surface area contributed by atoms with E-state index in [1.54, 1.807) is 7.05 Å². The Morgan fingerprint density at radius 1 is 1.22 bits per heavy atom. The van der Waals surface area contributed by atoms with Gasteiger partial charge in [-0.15, -0.1) is 10.2 Å². The number of guanidine groups is 1. The molecule has 3 heterocycles. The lowest BCUT2D eigenvalue weighted by Crippen LogP contribution is -2.38. The number of aliphatic imine (C=N–C) groups is 1. The summed E-state index contributed by atoms with van der Waals surface area (Å²) in [6.07, 6.45) is 7.97. The molecule has 2 aromatic rings. The fourth-order valence-corrected chi connectivity index (χ4v) is 4.32. The summed E-state index contributed by atoms with van der Waals surface area (Å²) < 4.78 is 14.1. The van der Waals surface area contributed by atoms with Crippen LogP contribution in [0.2, 0.25) is 0 Å². The molecule has 8 nitrogen and oxygen atoms in total. The molecule has 2 aliphatic heterocycles. The molecule has 2 aliphatic rings. The molecular formula is C24H36N6O2. The molecule has 1 aromatic heterocycles. The Labute approximate surface area is 190 Å². The number of ether oxygens (including phenoxy) is 2. The number of aromatic nitrogens is 3. The van der Waals surface area contributed by atoms with Gasteiger partial charge in [0.05, 0.1) is 6.10 Å². The Hall–Kier alpha value is -2.61. The van der Waals surface area contributed by atoms with Crippen molar-refractivity contribution in [3.8, 4) is 5.75 Å². The van der Waals surface area contributed by atoms with E-state index in [0.717, 1.165) is 74.3 Å². The highest BCUT2D eigenvalue weighted by Crippen LogP contribution is 2.22. The Balaban J connectivity index is 1.28. The van der Waals surface area contributed by atoms with E-state index in [0.29, 0.717) is 13.2 Å². The van der Waals surface area contributed by atoms with Crippen molar-refractivity contribution >= 4 is 5.96 Å². The van der Waals surface area contributed by atoms with Crippen LogP contribution in [0, 0.1) is 6.92 Å². The van der Waals surface area contributed by atoms with Gasteiger partial charge in [-0.25, -0.2) is 0 Å². The van der Waals surface area contributed by atoms with Crippen LogP contribution in [0.25, 0.3) is 0 Å². The first-order chi connectivity index (χ1) is 15.7. The molecule has 4 rings (SSSR count). The summed E-state index contributed by atoms with van der Waals surface area (Å²) in [6, 6.07) is 6.33. The highest BCUT2D eigenvalue weighted by molar-refractivity contribution is 5.79. The van der Waals surface area contributed by atoms with Gasteiger partial charge in [0, 0.05) is 51.7 Å². The van der Waals surface area contributed by atoms with Gasteiger partial charge in [0.2, 0.25) is 0 Å². The number of rotatable bonds is 8. The zero-order valence-electron chi connectivity index (χ0n) is 19.4. The lowest BCUT2D eigenvalue weighted by molar-refractivity contribution is 0.0676. The minimum atomic E-state index is 0.206. The van der Waals surface area contributed by atoms with Gasteiger partial charge < -0.3 is 24.7 Å². The molecule has 1 atom stereocenters.